The van der Waals surface area contributed by atoms with Crippen molar-refractivity contribution in [2.75, 3.05) is 13.1 Å². The molecule has 3 rings (SSSR count). The monoisotopic (exact) mass is 263 g/mol. The molecule has 1 unspecified atom stereocenters. The zero-order valence-corrected chi connectivity index (χ0v) is 11.1. The molecule has 1 fully saturated rings. The van der Waals surface area contributed by atoms with Gasteiger partial charge in [0.2, 0.25) is 0 Å². The topological polar surface area (TPSA) is 67.2 Å². The van der Waals surface area contributed by atoms with Crippen molar-refractivity contribution in [3.8, 4) is 0 Å². The summed E-state index contributed by atoms with van der Waals surface area (Å²) in [6.45, 7) is 2.79. The lowest BCUT2D eigenvalue weighted by Gasteiger charge is -2.25. The quantitative estimate of drug-likeness (QED) is 0.856. The third kappa shape index (κ3) is 2.66. The highest BCUT2D eigenvalue weighted by molar-refractivity contribution is 5.70. The Morgan fingerprint density at radius 2 is 2.21 bits per heavy atom. The second-order valence-corrected chi connectivity index (χ2v) is 5.75. The standard InChI is InChI=1S/C14H21N3O2/c18-14(19)11-1-2-12-8-16-13(17(12)9-11)7-10-3-5-15-6-4-10/h8,10-11,15H,1-7,9H2,(H,18,19). The van der Waals surface area contributed by atoms with Crippen LogP contribution in [0.25, 0.3) is 0 Å². The van der Waals surface area contributed by atoms with Crippen LogP contribution < -0.4 is 5.32 Å². The fraction of sp³-hybridized carbons (Fsp3) is 0.714. The van der Waals surface area contributed by atoms with Crippen LogP contribution in [0.1, 0.15) is 30.8 Å². The van der Waals surface area contributed by atoms with Crippen LogP contribution in [0.5, 0.6) is 0 Å². The third-order valence-corrected chi connectivity index (χ3v) is 4.45. The second kappa shape index (κ2) is 5.33. The van der Waals surface area contributed by atoms with E-state index in [2.05, 4.69) is 14.9 Å². The molecule has 5 nitrogen and oxygen atoms in total. The molecule has 0 bridgehead atoms. The number of aryl methyl sites for hydroxylation is 1. The van der Waals surface area contributed by atoms with E-state index in [0.29, 0.717) is 12.5 Å². The Kier molecular flexibility index (Phi) is 3.55. The highest BCUT2D eigenvalue weighted by Gasteiger charge is 2.27. The number of imidazole rings is 1. The van der Waals surface area contributed by atoms with Gasteiger partial charge in [-0.05, 0) is 44.7 Å². The van der Waals surface area contributed by atoms with Crippen LogP contribution in [0.3, 0.4) is 0 Å². The normalized spacial score (nSPS) is 24.1. The second-order valence-electron chi connectivity index (χ2n) is 5.75. The summed E-state index contributed by atoms with van der Waals surface area (Å²) in [6.07, 6.45) is 6.92. The predicted octanol–water partition coefficient (Wildman–Crippen LogP) is 1.07. The van der Waals surface area contributed by atoms with Crippen molar-refractivity contribution >= 4 is 5.97 Å². The molecule has 19 heavy (non-hydrogen) atoms. The Balaban J connectivity index is 1.73. The molecule has 0 amide bonds. The molecular formula is C14H21N3O2. The van der Waals surface area contributed by atoms with Crippen molar-refractivity contribution in [2.24, 2.45) is 11.8 Å². The lowest BCUT2D eigenvalue weighted by molar-refractivity contribution is -0.142. The van der Waals surface area contributed by atoms with Crippen LogP contribution in [-0.4, -0.2) is 33.7 Å². The van der Waals surface area contributed by atoms with E-state index in [0.717, 1.165) is 38.2 Å². The summed E-state index contributed by atoms with van der Waals surface area (Å²) in [7, 11) is 0. The Hall–Kier alpha value is -1.36. The molecule has 2 N–H and O–H groups in total. The number of carbonyl (C=O) groups is 1. The first-order valence-corrected chi connectivity index (χ1v) is 7.21. The maximum atomic E-state index is 11.1. The van der Waals surface area contributed by atoms with E-state index in [1.807, 2.05) is 6.20 Å². The SMILES string of the molecule is O=C(O)C1CCc2cnc(CC3CCNCC3)n2C1. The summed E-state index contributed by atoms with van der Waals surface area (Å²) in [5.41, 5.74) is 1.21. The number of hydrogen-bond acceptors (Lipinski definition) is 3. The van der Waals surface area contributed by atoms with Gasteiger partial charge >= 0.3 is 5.97 Å². The van der Waals surface area contributed by atoms with Crippen LogP contribution in [0.4, 0.5) is 0 Å². The molecule has 104 valence electrons. The number of carboxylic acid groups (broad SMARTS) is 1. The van der Waals surface area contributed by atoms with Gasteiger partial charge < -0.3 is 15.0 Å². The van der Waals surface area contributed by atoms with Gasteiger partial charge in [-0.15, -0.1) is 0 Å². The van der Waals surface area contributed by atoms with Crippen molar-refractivity contribution in [1.29, 1.82) is 0 Å². The first-order chi connectivity index (χ1) is 9.24. The fourth-order valence-corrected chi connectivity index (χ4v) is 3.22. The molecule has 0 saturated carbocycles. The van der Waals surface area contributed by atoms with Crippen molar-refractivity contribution in [3.05, 3.63) is 17.7 Å². The van der Waals surface area contributed by atoms with Gasteiger partial charge in [0.1, 0.15) is 5.82 Å². The van der Waals surface area contributed by atoms with E-state index >= 15 is 0 Å². The first-order valence-electron chi connectivity index (χ1n) is 7.21. The minimum Gasteiger partial charge on any atom is -0.481 e. The smallest absolute Gasteiger partial charge is 0.308 e. The zero-order valence-electron chi connectivity index (χ0n) is 11.1. The molecule has 1 aromatic rings. The van der Waals surface area contributed by atoms with Crippen molar-refractivity contribution < 1.29 is 9.90 Å². The molecule has 5 heteroatoms. The molecule has 3 heterocycles. The maximum Gasteiger partial charge on any atom is 0.308 e. The van der Waals surface area contributed by atoms with Crippen molar-refractivity contribution in [3.63, 3.8) is 0 Å². The average molecular weight is 263 g/mol. The van der Waals surface area contributed by atoms with Crippen LogP contribution >= 0.6 is 0 Å². The largest absolute Gasteiger partial charge is 0.481 e. The van der Waals surface area contributed by atoms with Gasteiger partial charge in [-0.3, -0.25) is 4.79 Å². The van der Waals surface area contributed by atoms with Crippen molar-refractivity contribution in [2.45, 2.75) is 38.6 Å². The molecule has 0 aromatic carbocycles. The zero-order chi connectivity index (χ0) is 13.2. The van der Waals surface area contributed by atoms with Crippen LogP contribution in [-0.2, 0) is 24.2 Å². The van der Waals surface area contributed by atoms with E-state index in [1.54, 1.807) is 0 Å². The number of aromatic nitrogens is 2. The molecule has 1 aromatic heterocycles. The fourth-order valence-electron chi connectivity index (χ4n) is 3.22. The number of hydrogen-bond donors (Lipinski definition) is 2. The Morgan fingerprint density at radius 1 is 1.42 bits per heavy atom. The number of carboxylic acids is 1. The van der Waals surface area contributed by atoms with Gasteiger partial charge in [-0.2, -0.15) is 0 Å². The van der Waals surface area contributed by atoms with Gasteiger partial charge in [0, 0.05) is 24.9 Å². The summed E-state index contributed by atoms with van der Waals surface area (Å²) in [4.78, 5) is 15.7. The Bertz CT molecular complexity index is 463. The minimum atomic E-state index is -0.674. The molecule has 1 atom stereocenters. The highest BCUT2D eigenvalue weighted by Crippen LogP contribution is 2.24. The van der Waals surface area contributed by atoms with Gasteiger partial charge in [0.25, 0.3) is 0 Å². The first kappa shape index (κ1) is 12.7. The van der Waals surface area contributed by atoms with Crippen LogP contribution in [0.15, 0.2) is 6.20 Å². The lowest BCUT2D eigenvalue weighted by Crippen LogP contribution is -2.31. The van der Waals surface area contributed by atoms with E-state index in [4.69, 9.17) is 0 Å². The van der Waals surface area contributed by atoms with E-state index in [9.17, 15) is 9.90 Å². The van der Waals surface area contributed by atoms with Gasteiger partial charge in [-0.25, -0.2) is 4.98 Å². The number of nitrogens with zero attached hydrogens (tertiary/aromatic N) is 2. The summed E-state index contributed by atoms with van der Waals surface area (Å²) in [5, 5.41) is 12.5. The predicted molar refractivity (Wildman–Crippen MR) is 71.0 cm³/mol. The van der Waals surface area contributed by atoms with E-state index in [-0.39, 0.29) is 5.92 Å². The highest BCUT2D eigenvalue weighted by atomic mass is 16.4. The molecule has 2 aliphatic rings. The summed E-state index contributed by atoms with van der Waals surface area (Å²) in [5.74, 6) is 0.867. The lowest BCUT2D eigenvalue weighted by atomic mass is 9.93. The van der Waals surface area contributed by atoms with E-state index in [1.165, 1.54) is 18.5 Å². The maximum absolute atomic E-state index is 11.1. The van der Waals surface area contributed by atoms with Gasteiger partial charge in [0.15, 0.2) is 0 Å². The molecule has 1 saturated heterocycles. The van der Waals surface area contributed by atoms with Crippen LogP contribution in [0.2, 0.25) is 0 Å². The van der Waals surface area contributed by atoms with Gasteiger partial charge in [-0.1, -0.05) is 0 Å². The summed E-state index contributed by atoms with van der Waals surface area (Å²) < 4.78 is 2.16. The summed E-state index contributed by atoms with van der Waals surface area (Å²) in [6, 6.07) is 0. The Morgan fingerprint density at radius 3 is 2.95 bits per heavy atom. The number of nitrogens with one attached hydrogen (secondary N) is 1. The number of rotatable bonds is 3. The molecule has 2 aliphatic heterocycles. The molecule has 0 spiro atoms. The van der Waals surface area contributed by atoms with Gasteiger partial charge in [0.05, 0.1) is 5.92 Å². The minimum absolute atomic E-state index is 0.242. The average Bonchev–Trinajstić information content (AvgIpc) is 2.82. The summed E-state index contributed by atoms with van der Waals surface area (Å²) >= 11 is 0. The Labute approximate surface area is 113 Å². The molecule has 0 aliphatic carbocycles. The number of aliphatic carboxylic acids is 1. The van der Waals surface area contributed by atoms with Crippen molar-refractivity contribution in [1.82, 2.24) is 14.9 Å². The molecule has 0 radical (unpaired) electrons. The number of piperidine rings is 1. The van der Waals surface area contributed by atoms with Crippen LogP contribution in [0, 0.1) is 11.8 Å². The molecular weight excluding hydrogens is 242 g/mol. The third-order valence-electron chi connectivity index (χ3n) is 4.45. The number of fused-ring (bicyclic) bond motifs is 1. The van der Waals surface area contributed by atoms with E-state index < -0.39 is 5.97 Å².